The molecule has 1 unspecified atom stereocenters. The first-order valence-electron chi connectivity index (χ1n) is 8.01. The average Bonchev–Trinajstić information content (AvgIpc) is 2.42. The van der Waals surface area contributed by atoms with Gasteiger partial charge in [-0.1, -0.05) is 47.0 Å². The molecule has 0 N–H and O–H groups in total. The molecule has 0 fully saturated rings. The molecular formula is C16H33NO2. The van der Waals surface area contributed by atoms with Crippen LogP contribution in [0.25, 0.3) is 0 Å². The molecule has 0 bridgehead atoms. The Bertz CT molecular complexity index is 215. The van der Waals surface area contributed by atoms with Crippen LogP contribution >= 0.6 is 0 Å². The molecule has 0 aliphatic carbocycles. The van der Waals surface area contributed by atoms with Gasteiger partial charge in [0, 0.05) is 6.54 Å². The molecule has 0 spiro atoms. The minimum Gasteiger partial charge on any atom is -0.466 e. The monoisotopic (exact) mass is 271 g/mol. The third-order valence-electron chi connectivity index (χ3n) is 3.68. The molecule has 0 rings (SSSR count). The molecule has 0 aliphatic rings. The lowest BCUT2D eigenvalue weighted by atomic mass is 9.99. The van der Waals surface area contributed by atoms with E-state index in [1.165, 1.54) is 25.7 Å². The van der Waals surface area contributed by atoms with Gasteiger partial charge in [0.1, 0.15) is 0 Å². The van der Waals surface area contributed by atoms with Crippen LogP contribution < -0.4 is 0 Å². The Morgan fingerprint density at radius 1 is 1.11 bits per heavy atom. The number of carbonyl (C=O) groups excluding carboxylic acids is 1. The summed E-state index contributed by atoms with van der Waals surface area (Å²) in [6.07, 6.45) is 6.57. The first kappa shape index (κ1) is 18.4. The lowest BCUT2D eigenvalue weighted by Crippen LogP contribution is -2.26. The highest BCUT2D eigenvalue weighted by atomic mass is 16.5. The summed E-state index contributed by atoms with van der Waals surface area (Å²) in [5.74, 6) is 0.711. The molecule has 0 radical (unpaired) electrons. The topological polar surface area (TPSA) is 29.5 Å². The summed E-state index contributed by atoms with van der Waals surface area (Å²) in [5, 5.41) is 0. The van der Waals surface area contributed by atoms with Crippen molar-refractivity contribution >= 4 is 5.97 Å². The molecular weight excluding hydrogens is 238 g/mol. The van der Waals surface area contributed by atoms with Crippen molar-refractivity contribution in [3.05, 3.63) is 0 Å². The van der Waals surface area contributed by atoms with Gasteiger partial charge < -0.3 is 9.64 Å². The van der Waals surface area contributed by atoms with Crippen LogP contribution in [0.15, 0.2) is 0 Å². The zero-order valence-corrected chi connectivity index (χ0v) is 13.4. The van der Waals surface area contributed by atoms with Crippen LogP contribution in [0.2, 0.25) is 0 Å². The molecule has 3 heteroatoms. The number of hydrogen-bond acceptors (Lipinski definition) is 3. The van der Waals surface area contributed by atoms with Crippen molar-refractivity contribution in [2.24, 2.45) is 5.92 Å². The maximum Gasteiger partial charge on any atom is 0.307 e. The predicted octanol–water partition coefficient (Wildman–Crippen LogP) is 3.87. The summed E-state index contributed by atoms with van der Waals surface area (Å²) in [6, 6.07) is 0. The van der Waals surface area contributed by atoms with Crippen molar-refractivity contribution in [1.82, 2.24) is 4.90 Å². The normalized spacial score (nSPS) is 12.7. The number of nitrogens with zero attached hydrogens (tertiary/aromatic N) is 1. The Morgan fingerprint density at radius 2 is 1.74 bits per heavy atom. The van der Waals surface area contributed by atoms with E-state index in [9.17, 15) is 4.79 Å². The lowest BCUT2D eigenvalue weighted by molar-refractivity contribution is -0.144. The summed E-state index contributed by atoms with van der Waals surface area (Å²) >= 11 is 0. The molecule has 0 aromatic carbocycles. The molecule has 0 saturated carbocycles. The van der Waals surface area contributed by atoms with E-state index in [1.807, 2.05) is 0 Å². The van der Waals surface area contributed by atoms with E-state index >= 15 is 0 Å². The van der Waals surface area contributed by atoms with Crippen molar-refractivity contribution in [3.8, 4) is 0 Å². The van der Waals surface area contributed by atoms with Crippen molar-refractivity contribution in [1.29, 1.82) is 0 Å². The minimum absolute atomic E-state index is 0.0480. The van der Waals surface area contributed by atoms with Crippen LogP contribution in [-0.2, 0) is 9.53 Å². The van der Waals surface area contributed by atoms with E-state index in [4.69, 9.17) is 4.74 Å². The van der Waals surface area contributed by atoms with Gasteiger partial charge in [0.25, 0.3) is 0 Å². The Morgan fingerprint density at radius 3 is 2.32 bits per heavy atom. The standard InChI is InChI=1S/C16H33NO2/c1-5-8-10-15(4)11-9-14-19-16(18)12-13-17(6-2)7-3/h15H,5-14H2,1-4H3. The predicted molar refractivity (Wildman–Crippen MR) is 81.3 cm³/mol. The molecule has 0 amide bonds. The maximum absolute atomic E-state index is 11.5. The SMILES string of the molecule is CCCCC(C)CCCOC(=O)CCN(CC)CC. The number of carbonyl (C=O) groups is 1. The Hall–Kier alpha value is -0.570. The quantitative estimate of drug-likeness (QED) is 0.398. The zero-order chi connectivity index (χ0) is 14.5. The highest BCUT2D eigenvalue weighted by Crippen LogP contribution is 2.13. The van der Waals surface area contributed by atoms with E-state index in [1.54, 1.807) is 0 Å². The second-order valence-electron chi connectivity index (χ2n) is 5.39. The van der Waals surface area contributed by atoms with Crippen LogP contribution in [0.1, 0.15) is 66.2 Å². The van der Waals surface area contributed by atoms with Crippen molar-refractivity contribution in [2.75, 3.05) is 26.2 Å². The molecule has 19 heavy (non-hydrogen) atoms. The highest BCUT2D eigenvalue weighted by Gasteiger charge is 2.07. The number of unbranched alkanes of at least 4 members (excludes halogenated alkanes) is 1. The summed E-state index contributed by atoms with van der Waals surface area (Å²) in [7, 11) is 0. The maximum atomic E-state index is 11.5. The van der Waals surface area contributed by atoms with Gasteiger partial charge in [-0.25, -0.2) is 0 Å². The fourth-order valence-corrected chi connectivity index (χ4v) is 2.18. The number of rotatable bonds is 12. The first-order valence-corrected chi connectivity index (χ1v) is 8.01. The first-order chi connectivity index (χ1) is 9.13. The highest BCUT2D eigenvalue weighted by molar-refractivity contribution is 5.69. The number of esters is 1. The van der Waals surface area contributed by atoms with Gasteiger partial charge in [0.15, 0.2) is 0 Å². The van der Waals surface area contributed by atoms with Gasteiger partial charge in [-0.2, -0.15) is 0 Å². The Balaban J connectivity index is 3.47. The van der Waals surface area contributed by atoms with Crippen LogP contribution in [0, 0.1) is 5.92 Å². The molecule has 3 nitrogen and oxygen atoms in total. The van der Waals surface area contributed by atoms with Crippen molar-refractivity contribution in [2.45, 2.75) is 66.2 Å². The molecule has 0 aliphatic heterocycles. The van der Waals surface area contributed by atoms with Crippen LogP contribution in [0.4, 0.5) is 0 Å². The van der Waals surface area contributed by atoms with Crippen LogP contribution in [0.5, 0.6) is 0 Å². The zero-order valence-electron chi connectivity index (χ0n) is 13.4. The van der Waals surface area contributed by atoms with Gasteiger partial charge in [-0.15, -0.1) is 0 Å². The summed E-state index contributed by atoms with van der Waals surface area (Å²) in [6.45, 7) is 12.2. The summed E-state index contributed by atoms with van der Waals surface area (Å²) in [5.41, 5.74) is 0. The van der Waals surface area contributed by atoms with Gasteiger partial charge in [-0.05, 0) is 31.8 Å². The van der Waals surface area contributed by atoms with Gasteiger partial charge in [0.2, 0.25) is 0 Å². The molecule has 0 heterocycles. The summed E-state index contributed by atoms with van der Waals surface area (Å²) in [4.78, 5) is 13.8. The second kappa shape index (κ2) is 12.5. The molecule has 0 aromatic heterocycles. The van der Waals surface area contributed by atoms with E-state index in [0.29, 0.717) is 13.0 Å². The van der Waals surface area contributed by atoms with E-state index in [2.05, 4.69) is 32.6 Å². The molecule has 1 atom stereocenters. The van der Waals surface area contributed by atoms with Crippen LogP contribution in [-0.4, -0.2) is 37.1 Å². The smallest absolute Gasteiger partial charge is 0.307 e. The molecule has 114 valence electrons. The molecule has 0 saturated heterocycles. The van der Waals surface area contributed by atoms with Gasteiger partial charge >= 0.3 is 5.97 Å². The number of ether oxygens (including phenoxy) is 1. The van der Waals surface area contributed by atoms with E-state index < -0.39 is 0 Å². The van der Waals surface area contributed by atoms with Crippen LogP contribution in [0.3, 0.4) is 0 Å². The van der Waals surface area contributed by atoms with E-state index in [0.717, 1.165) is 32.0 Å². The van der Waals surface area contributed by atoms with Gasteiger partial charge in [-0.3, -0.25) is 4.79 Å². The third-order valence-corrected chi connectivity index (χ3v) is 3.68. The second-order valence-corrected chi connectivity index (χ2v) is 5.39. The van der Waals surface area contributed by atoms with E-state index in [-0.39, 0.29) is 5.97 Å². The summed E-state index contributed by atoms with van der Waals surface area (Å²) < 4.78 is 5.27. The lowest BCUT2D eigenvalue weighted by Gasteiger charge is -2.17. The Labute approximate surface area is 119 Å². The minimum atomic E-state index is -0.0480. The average molecular weight is 271 g/mol. The Kier molecular flexibility index (Phi) is 12.1. The largest absolute Gasteiger partial charge is 0.466 e. The third kappa shape index (κ3) is 11.0. The fourth-order valence-electron chi connectivity index (χ4n) is 2.18. The van der Waals surface area contributed by atoms with Gasteiger partial charge in [0.05, 0.1) is 13.0 Å². The van der Waals surface area contributed by atoms with Crippen molar-refractivity contribution < 1.29 is 9.53 Å². The van der Waals surface area contributed by atoms with Crippen molar-refractivity contribution in [3.63, 3.8) is 0 Å². The number of hydrogen-bond donors (Lipinski definition) is 0. The molecule has 0 aromatic rings. The fraction of sp³-hybridized carbons (Fsp3) is 0.938.